The van der Waals surface area contributed by atoms with Gasteiger partial charge < -0.3 is 15.0 Å². The molecule has 1 N–H and O–H groups in total. The lowest BCUT2D eigenvalue weighted by molar-refractivity contribution is -0.128. The number of carbonyl (C=O) groups excluding carboxylic acids is 1. The summed E-state index contributed by atoms with van der Waals surface area (Å²) in [4.78, 5) is 13.3. The number of ether oxygens (including phenoxy) is 1. The van der Waals surface area contributed by atoms with E-state index in [-0.39, 0.29) is 11.9 Å². The van der Waals surface area contributed by atoms with Crippen molar-refractivity contribution >= 4 is 5.91 Å². The highest BCUT2D eigenvalue weighted by molar-refractivity contribution is 5.83. The maximum Gasteiger partial charge on any atom is 0.239 e. The second-order valence-corrected chi connectivity index (χ2v) is 4.88. The Balaban J connectivity index is 1.97. The summed E-state index contributed by atoms with van der Waals surface area (Å²) in [7, 11) is 1.86. The van der Waals surface area contributed by atoms with E-state index in [0.29, 0.717) is 5.92 Å². The Kier molecular flexibility index (Phi) is 5.77. The normalized spacial score (nSPS) is 21.1. The van der Waals surface area contributed by atoms with Gasteiger partial charge in [-0.05, 0) is 25.3 Å². The van der Waals surface area contributed by atoms with Gasteiger partial charge >= 0.3 is 0 Å². The van der Waals surface area contributed by atoms with Crippen molar-refractivity contribution in [1.82, 2.24) is 10.2 Å². The van der Waals surface area contributed by atoms with Crippen LogP contribution >= 0.6 is 0 Å². The number of carbonyl (C=O) groups is 1. The van der Waals surface area contributed by atoms with Crippen molar-refractivity contribution in [3.05, 3.63) is 0 Å². The van der Waals surface area contributed by atoms with Gasteiger partial charge in [-0.2, -0.15) is 0 Å². The largest absolute Gasteiger partial charge is 0.381 e. The highest BCUT2D eigenvalue weighted by Gasteiger charge is 2.27. The van der Waals surface area contributed by atoms with E-state index in [1.807, 2.05) is 7.05 Å². The number of likely N-dealkylation sites (tertiary alicyclic amines) is 1. The van der Waals surface area contributed by atoms with Gasteiger partial charge in [-0.3, -0.25) is 4.79 Å². The Labute approximate surface area is 98.3 Å². The molecule has 0 saturated carbocycles. The van der Waals surface area contributed by atoms with Gasteiger partial charge in [-0.15, -0.1) is 0 Å². The van der Waals surface area contributed by atoms with E-state index in [1.165, 1.54) is 0 Å². The van der Waals surface area contributed by atoms with E-state index < -0.39 is 0 Å². The third kappa shape index (κ3) is 4.49. The molecule has 0 aromatic carbocycles. The lowest BCUT2D eigenvalue weighted by atomic mass is 10.2. The summed E-state index contributed by atoms with van der Waals surface area (Å²) in [6.45, 7) is 7.63. The van der Waals surface area contributed by atoms with E-state index >= 15 is 0 Å². The fraction of sp³-hybridized carbons (Fsp3) is 0.917. The third-order valence-corrected chi connectivity index (χ3v) is 2.73. The van der Waals surface area contributed by atoms with Crippen LogP contribution < -0.4 is 5.32 Å². The Hall–Kier alpha value is -0.610. The number of hydrogen-bond donors (Lipinski definition) is 1. The van der Waals surface area contributed by atoms with Gasteiger partial charge in [0, 0.05) is 26.8 Å². The van der Waals surface area contributed by atoms with Gasteiger partial charge in [0.2, 0.25) is 5.91 Å². The Morgan fingerprint density at radius 3 is 2.88 bits per heavy atom. The fourth-order valence-corrected chi connectivity index (χ4v) is 1.78. The van der Waals surface area contributed by atoms with Gasteiger partial charge in [-0.25, -0.2) is 0 Å². The lowest BCUT2D eigenvalue weighted by Crippen LogP contribution is -2.37. The Morgan fingerprint density at radius 1 is 1.56 bits per heavy atom. The maximum absolute atomic E-state index is 11.5. The quantitative estimate of drug-likeness (QED) is 0.657. The SMILES string of the molecule is CC(C)COCCCNC1CCN(C)C1=O. The van der Waals surface area contributed by atoms with Gasteiger partial charge in [0.1, 0.15) is 0 Å². The van der Waals surface area contributed by atoms with Crippen molar-refractivity contribution < 1.29 is 9.53 Å². The molecule has 1 atom stereocenters. The molecule has 94 valence electrons. The highest BCUT2D eigenvalue weighted by atomic mass is 16.5. The first kappa shape index (κ1) is 13.5. The number of amides is 1. The van der Waals surface area contributed by atoms with Gasteiger partial charge in [0.05, 0.1) is 6.04 Å². The minimum atomic E-state index is 0.0371. The molecule has 1 saturated heterocycles. The van der Waals surface area contributed by atoms with E-state index in [9.17, 15) is 4.79 Å². The molecule has 1 amide bonds. The monoisotopic (exact) mass is 228 g/mol. The zero-order chi connectivity index (χ0) is 12.0. The van der Waals surface area contributed by atoms with Gasteiger partial charge in [-0.1, -0.05) is 13.8 Å². The van der Waals surface area contributed by atoms with Crippen LogP contribution in [0.25, 0.3) is 0 Å². The molecule has 1 aliphatic rings. The molecule has 16 heavy (non-hydrogen) atoms. The first-order chi connectivity index (χ1) is 7.61. The van der Waals surface area contributed by atoms with Crippen LogP contribution in [-0.4, -0.2) is 50.2 Å². The molecule has 1 heterocycles. The molecule has 0 aromatic rings. The van der Waals surface area contributed by atoms with Crippen molar-refractivity contribution in [2.75, 3.05) is 33.4 Å². The van der Waals surface area contributed by atoms with Crippen LogP contribution in [0, 0.1) is 5.92 Å². The predicted molar refractivity (Wildman–Crippen MR) is 64.3 cm³/mol. The van der Waals surface area contributed by atoms with Crippen molar-refractivity contribution in [3.63, 3.8) is 0 Å². The summed E-state index contributed by atoms with van der Waals surface area (Å²) in [6.07, 6.45) is 1.91. The molecule has 1 fully saturated rings. The van der Waals surface area contributed by atoms with Crippen LogP contribution in [0.3, 0.4) is 0 Å². The van der Waals surface area contributed by atoms with E-state index in [1.54, 1.807) is 4.90 Å². The van der Waals surface area contributed by atoms with Crippen molar-refractivity contribution in [1.29, 1.82) is 0 Å². The summed E-state index contributed by atoms with van der Waals surface area (Å²) < 4.78 is 5.47. The van der Waals surface area contributed by atoms with Gasteiger partial charge in [0.25, 0.3) is 0 Å². The molecule has 4 nitrogen and oxygen atoms in total. The van der Waals surface area contributed by atoms with Crippen LogP contribution in [0.1, 0.15) is 26.7 Å². The smallest absolute Gasteiger partial charge is 0.239 e. The summed E-state index contributed by atoms with van der Waals surface area (Å²) in [5.41, 5.74) is 0. The van der Waals surface area contributed by atoms with Gasteiger partial charge in [0.15, 0.2) is 0 Å². The lowest BCUT2D eigenvalue weighted by Gasteiger charge is -2.12. The molecular weight excluding hydrogens is 204 g/mol. The average Bonchev–Trinajstić information content (AvgIpc) is 2.54. The minimum absolute atomic E-state index is 0.0371. The standard InChI is InChI=1S/C12H24N2O2/c1-10(2)9-16-8-4-6-13-11-5-7-14(3)12(11)15/h10-11,13H,4-9H2,1-3H3. The fourth-order valence-electron chi connectivity index (χ4n) is 1.78. The van der Waals surface area contributed by atoms with Crippen molar-refractivity contribution in [2.24, 2.45) is 5.92 Å². The predicted octanol–water partition coefficient (Wildman–Crippen LogP) is 0.869. The molecule has 0 spiro atoms. The van der Waals surface area contributed by atoms with E-state index in [2.05, 4.69) is 19.2 Å². The Bertz CT molecular complexity index is 219. The molecule has 1 unspecified atom stereocenters. The topological polar surface area (TPSA) is 41.6 Å². The molecular formula is C12H24N2O2. The summed E-state index contributed by atoms with van der Waals surface area (Å²) >= 11 is 0. The van der Waals surface area contributed by atoms with Crippen molar-refractivity contribution in [2.45, 2.75) is 32.7 Å². The molecule has 1 rings (SSSR count). The summed E-state index contributed by atoms with van der Waals surface area (Å²) in [5, 5.41) is 3.28. The second-order valence-electron chi connectivity index (χ2n) is 4.88. The van der Waals surface area contributed by atoms with Crippen LogP contribution in [0.5, 0.6) is 0 Å². The number of nitrogens with one attached hydrogen (secondary N) is 1. The number of likely N-dealkylation sites (N-methyl/N-ethyl adjacent to an activating group) is 1. The van der Waals surface area contributed by atoms with Crippen LogP contribution in [0.15, 0.2) is 0 Å². The van der Waals surface area contributed by atoms with Crippen LogP contribution in [0.4, 0.5) is 0 Å². The van der Waals surface area contributed by atoms with Crippen LogP contribution in [-0.2, 0) is 9.53 Å². The number of nitrogens with zero attached hydrogens (tertiary/aromatic N) is 1. The zero-order valence-electron chi connectivity index (χ0n) is 10.7. The Morgan fingerprint density at radius 2 is 2.31 bits per heavy atom. The average molecular weight is 228 g/mol. The number of hydrogen-bond acceptors (Lipinski definition) is 3. The third-order valence-electron chi connectivity index (χ3n) is 2.73. The molecule has 0 aromatic heterocycles. The molecule has 4 heteroatoms. The van der Waals surface area contributed by atoms with E-state index in [0.717, 1.165) is 39.1 Å². The van der Waals surface area contributed by atoms with Crippen molar-refractivity contribution in [3.8, 4) is 0 Å². The maximum atomic E-state index is 11.5. The summed E-state index contributed by atoms with van der Waals surface area (Å²) in [6, 6.07) is 0.0371. The molecule has 1 aliphatic heterocycles. The highest BCUT2D eigenvalue weighted by Crippen LogP contribution is 2.07. The second kappa shape index (κ2) is 6.86. The van der Waals surface area contributed by atoms with E-state index in [4.69, 9.17) is 4.74 Å². The first-order valence-corrected chi connectivity index (χ1v) is 6.17. The molecule has 0 aliphatic carbocycles. The zero-order valence-corrected chi connectivity index (χ0v) is 10.7. The molecule has 0 bridgehead atoms. The number of rotatable bonds is 7. The first-order valence-electron chi connectivity index (χ1n) is 6.17. The van der Waals surface area contributed by atoms with Crippen LogP contribution in [0.2, 0.25) is 0 Å². The molecule has 0 radical (unpaired) electrons. The summed E-state index contributed by atoms with van der Waals surface area (Å²) in [5.74, 6) is 0.820. The minimum Gasteiger partial charge on any atom is -0.381 e.